The molecule has 1 atom stereocenters. The maximum Gasteiger partial charge on any atom is 0.123 e. The van der Waals surface area contributed by atoms with E-state index in [9.17, 15) is 5.26 Å². The van der Waals surface area contributed by atoms with Gasteiger partial charge in [-0.2, -0.15) is 5.26 Å². The van der Waals surface area contributed by atoms with E-state index in [1.165, 1.54) is 18.4 Å². The third kappa shape index (κ3) is 3.11. The zero-order valence-electron chi connectivity index (χ0n) is 11.4. The van der Waals surface area contributed by atoms with Crippen LogP contribution in [0.1, 0.15) is 43.9 Å². The van der Waals surface area contributed by atoms with Crippen LogP contribution in [0.15, 0.2) is 24.3 Å². The number of likely N-dealkylation sites (tertiary alicyclic amines) is 1. The quantitative estimate of drug-likeness (QED) is 0.807. The van der Waals surface area contributed by atoms with Crippen molar-refractivity contribution in [1.29, 1.82) is 5.26 Å². The first-order valence-corrected chi connectivity index (χ1v) is 6.93. The van der Waals surface area contributed by atoms with E-state index in [1.807, 2.05) is 0 Å². The second-order valence-electron chi connectivity index (χ2n) is 5.61. The second kappa shape index (κ2) is 6.02. The Balaban J connectivity index is 2.09. The third-order valence-electron chi connectivity index (χ3n) is 3.57. The van der Waals surface area contributed by atoms with Crippen LogP contribution in [0.4, 0.5) is 0 Å². The molecule has 0 amide bonds. The summed E-state index contributed by atoms with van der Waals surface area (Å²) >= 11 is 0. The smallest absolute Gasteiger partial charge is 0.123 e. The predicted molar refractivity (Wildman–Crippen MR) is 74.1 cm³/mol. The normalized spacial score (nSPS) is 17.9. The van der Waals surface area contributed by atoms with Crippen molar-refractivity contribution in [3.63, 3.8) is 0 Å². The van der Waals surface area contributed by atoms with Crippen molar-refractivity contribution in [3.05, 3.63) is 35.4 Å². The van der Waals surface area contributed by atoms with Gasteiger partial charge in [0.15, 0.2) is 0 Å². The van der Waals surface area contributed by atoms with E-state index in [0.717, 1.165) is 25.1 Å². The summed E-state index contributed by atoms with van der Waals surface area (Å²) in [5.41, 5.74) is 2.51. The molecule has 1 saturated heterocycles. The van der Waals surface area contributed by atoms with Gasteiger partial charge in [-0.05, 0) is 49.4 Å². The van der Waals surface area contributed by atoms with Gasteiger partial charge in [0, 0.05) is 0 Å². The highest BCUT2D eigenvalue weighted by Gasteiger charge is 2.22. The van der Waals surface area contributed by atoms with Crippen LogP contribution in [0.2, 0.25) is 0 Å². The van der Waals surface area contributed by atoms with Gasteiger partial charge in [-0.1, -0.05) is 38.1 Å². The lowest BCUT2D eigenvalue weighted by Crippen LogP contribution is -2.24. The number of rotatable bonds is 4. The summed E-state index contributed by atoms with van der Waals surface area (Å²) in [5, 5.41) is 9.36. The highest BCUT2D eigenvalue weighted by Crippen LogP contribution is 2.25. The van der Waals surface area contributed by atoms with Crippen LogP contribution in [-0.2, 0) is 6.42 Å². The molecule has 2 heteroatoms. The lowest BCUT2D eigenvalue weighted by Gasteiger charge is -2.21. The van der Waals surface area contributed by atoms with E-state index in [4.69, 9.17) is 0 Å². The zero-order chi connectivity index (χ0) is 13.0. The summed E-state index contributed by atoms with van der Waals surface area (Å²) in [7, 11) is 0. The molecule has 1 aliphatic rings. The molecule has 96 valence electrons. The molecule has 0 spiro atoms. The maximum atomic E-state index is 9.36. The molecule has 1 fully saturated rings. The van der Waals surface area contributed by atoms with Gasteiger partial charge < -0.3 is 0 Å². The summed E-state index contributed by atoms with van der Waals surface area (Å²) in [5.74, 6) is 0.682. The maximum absolute atomic E-state index is 9.36. The van der Waals surface area contributed by atoms with E-state index in [0.29, 0.717) is 5.92 Å². The first kappa shape index (κ1) is 13.1. The van der Waals surface area contributed by atoms with Crippen LogP contribution in [0.5, 0.6) is 0 Å². The number of nitrogens with zero attached hydrogens (tertiary/aromatic N) is 2. The molecular weight excluding hydrogens is 220 g/mol. The number of hydrogen-bond acceptors (Lipinski definition) is 2. The monoisotopic (exact) mass is 242 g/mol. The van der Waals surface area contributed by atoms with Gasteiger partial charge >= 0.3 is 0 Å². The van der Waals surface area contributed by atoms with Crippen LogP contribution >= 0.6 is 0 Å². The molecule has 1 aromatic rings. The van der Waals surface area contributed by atoms with E-state index in [-0.39, 0.29) is 6.04 Å². The Morgan fingerprint density at radius 3 is 2.28 bits per heavy atom. The highest BCUT2D eigenvalue weighted by atomic mass is 15.2. The van der Waals surface area contributed by atoms with Crippen molar-refractivity contribution in [2.24, 2.45) is 5.92 Å². The summed E-state index contributed by atoms with van der Waals surface area (Å²) < 4.78 is 0. The van der Waals surface area contributed by atoms with Gasteiger partial charge in [0.2, 0.25) is 0 Å². The molecule has 1 unspecified atom stereocenters. The van der Waals surface area contributed by atoms with Gasteiger partial charge in [-0.25, -0.2) is 0 Å². The average Bonchev–Trinajstić information content (AvgIpc) is 2.85. The molecular formula is C16H22N2. The van der Waals surface area contributed by atoms with Crippen molar-refractivity contribution in [2.75, 3.05) is 13.1 Å². The highest BCUT2D eigenvalue weighted by molar-refractivity contribution is 5.28. The number of benzene rings is 1. The van der Waals surface area contributed by atoms with E-state index >= 15 is 0 Å². The SMILES string of the molecule is CC(C)Cc1ccc(C(C#N)N2CCCC2)cc1. The number of nitriles is 1. The summed E-state index contributed by atoms with van der Waals surface area (Å²) in [6, 6.07) is 11.0. The topological polar surface area (TPSA) is 27.0 Å². The van der Waals surface area contributed by atoms with Gasteiger partial charge in [0.25, 0.3) is 0 Å². The van der Waals surface area contributed by atoms with Crippen molar-refractivity contribution in [2.45, 2.75) is 39.2 Å². The number of hydrogen-bond donors (Lipinski definition) is 0. The Hall–Kier alpha value is -1.33. The Labute approximate surface area is 110 Å². The van der Waals surface area contributed by atoms with Crippen molar-refractivity contribution in [3.8, 4) is 6.07 Å². The molecule has 0 saturated carbocycles. The molecule has 18 heavy (non-hydrogen) atoms. The molecule has 1 aromatic carbocycles. The summed E-state index contributed by atoms with van der Waals surface area (Å²) in [6.07, 6.45) is 3.56. The minimum atomic E-state index is -0.0550. The Bertz CT molecular complexity index is 408. The van der Waals surface area contributed by atoms with Crippen LogP contribution in [0, 0.1) is 17.2 Å². The van der Waals surface area contributed by atoms with Gasteiger partial charge in [-0.15, -0.1) is 0 Å². The molecule has 1 aliphatic heterocycles. The first-order valence-electron chi connectivity index (χ1n) is 6.93. The zero-order valence-corrected chi connectivity index (χ0v) is 11.4. The minimum Gasteiger partial charge on any atom is -0.284 e. The Morgan fingerprint density at radius 1 is 1.17 bits per heavy atom. The fraction of sp³-hybridized carbons (Fsp3) is 0.562. The average molecular weight is 242 g/mol. The van der Waals surface area contributed by atoms with Crippen molar-refractivity contribution < 1.29 is 0 Å². The Kier molecular flexibility index (Phi) is 4.38. The molecule has 0 aliphatic carbocycles. The molecule has 0 radical (unpaired) electrons. The minimum absolute atomic E-state index is 0.0550. The Morgan fingerprint density at radius 2 is 1.78 bits per heavy atom. The standard InChI is InChI=1S/C16H22N2/c1-13(2)11-14-5-7-15(8-6-14)16(12-17)18-9-3-4-10-18/h5-8,13,16H,3-4,9-11H2,1-2H3. The first-order chi connectivity index (χ1) is 8.70. The van der Waals surface area contributed by atoms with Crippen LogP contribution in [0.3, 0.4) is 0 Å². The summed E-state index contributed by atoms with van der Waals surface area (Å²) in [4.78, 5) is 2.29. The van der Waals surface area contributed by atoms with Gasteiger partial charge in [0.05, 0.1) is 6.07 Å². The van der Waals surface area contributed by atoms with Crippen molar-refractivity contribution >= 4 is 0 Å². The fourth-order valence-electron chi connectivity index (χ4n) is 2.67. The largest absolute Gasteiger partial charge is 0.284 e. The van der Waals surface area contributed by atoms with Crippen LogP contribution in [-0.4, -0.2) is 18.0 Å². The molecule has 0 aromatic heterocycles. The molecule has 2 rings (SSSR count). The van der Waals surface area contributed by atoms with E-state index < -0.39 is 0 Å². The molecule has 0 N–H and O–H groups in total. The van der Waals surface area contributed by atoms with Gasteiger partial charge in [0.1, 0.15) is 6.04 Å². The van der Waals surface area contributed by atoms with E-state index in [1.54, 1.807) is 0 Å². The second-order valence-corrected chi connectivity index (χ2v) is 5.61. The van der Waals surface area contributed by atoms with Crippen LogP contribution < -0.4 is 0 Å². The predicted octanol–water partition coefficient (Wildman–Crippen LogP) is 3.55. The molecule has 2 nitrogen and oxygen atoms in total. The van der Waals surface area contributed by atoms with Crippen LogP contribution in [0.25, 0.3) is 0 Å². The molecule has 1 heterocycles. The lowest BCUT2D eigenvalue weighted by molar-refractivity contribution is 0.294. The van der Waals surface area contributed by atoms with Gasteiger partial charge in [-0.3, -0.25) is 4.90 Å². The third-order valence-corrected chi connectivity index (χ3v) is 3.57. The summed E-state index contributed by atoms with van der Waals surface area (Å²) in [6.45, 7) is 6.59. The fourth-order valence-corrected chi connectivity index (χ4v) is 2.67. The lowest BCUT2D eigenvalue weighted by atomic mass is 9.99. The van der Waals surface area contributed by atoms with Crippen molar-refractivity contribution in [1.82, 2.24) is 4.90 Å². The van der Waals surface area contributed by atoms with E-state index in [2.05, 4.69) is 49.1 Å². The molecule has 0 bridgehead atoms.